The Morgan fingerprint density at radius 2 is 1.57 bits per heavy atom. The lowest BCUT2D eigenvalue weighted by Gasteiger charge is -2.12. The van der Waals surface area contributed by atoms with Crippen LogP contribution in [0, 0.1) is 12.7 Å². The minimum atomic E-state index is -0.712. The van der Waals surface area contributed by atoms with Gasteiger partial charge in [-0.2, -0.15) is 0 Å². The number of carbonyl (C=O) groups is 2. The number of nitrogens with one attached hydrogen (secondary N) is 2. The van der Waals surface area contributed by atoms with Crippen molar-refractivity contribution in [2.45, 2.75) is 6.92 Å². The Hall–Kier alpha value is -3.38. The van der Waals surface area contributed by atoms with Crippen molar-refractivity contribution in [2.24, 2.45) is 0 Å². The van der Waals surface area contributed by atoms with E-state index in [1.807, 2.05) is 6.92 Å². The van der Waals surface area contributed by atoms with Crippen LogP contribution in [0.2, 0.25) is 5.02 Å². The molecule has 3 N–H and O–H groups in total. The molecule has 0 heterocycles. The molecule has 0 saturated heterocycles. The number of halogens is 2. The Labute approximate surface area is 165 Å². The summed E-state index contributed by atoms with van der Waals surface area (Å²) < 4.78 is 13.7. The molecule has 0 bridgehead atoms. The quantitative estimate of drug-likeness (QED) is 0.541. The summed E-state index contributed by atoms with van der Waals surface area (Å²) in [6, 6.07) is 14.9. The number of rotatable bonds is 4. The lowest BCUT2D eigenvalue weighted by Crippen LogP contribution is -2.15. The third-order valence-electron chi connectivity index (χ3n) is 4.01. The van der Waals surface area contributed by atoms with E-state index in [9.17, 15) is 19.1 Å². The second-order valence-corrected chi connectivity index (χ2v) is 6.51. The number of benzene rings is 3. The van der Waals surface area contributed by atoms with E-state index in [4.69, 9.17) is 11.6 Å². The highest BCUT2D eigenvalue weighted by Crippen LogP contribution is 2.34. The highest BCUT2D eigenvalue weighted by atomic mass is 35.5. The lowest BCUT2D eigenvalue weighted by atomic mass is 10.1. The van der Waals surface area contributed by atoms with E-state index in [1.165, 1.54) is 30.3 Å². The molecule has 0 aliphatic heterocycles. The lowest BCUT2D eigenvalue weighted by molar-refractivity contribution is 0.101. The molecule has 142 valence electrons. The van der Waals surface area contributed by atoms with Gasteiger partial charge in [0.05, 0.1) is 22.0 Å². The fraction of sp³-hybridized carbons (Fsp3) is 0.0476. The molecule has 3 aromatic carbocycles. The number of phenolic OH excluding ortho intramolecular Hbond substituents is 1. The molecule has 28 heavy (non-hydrogen) atoms. The summed E-state index contributed by atoms with van der Waals surface area (Å²) in [5.74, 6) is -2.11. The maximum Gasteiger partial charge on any atom is 0.258 e. The molecule has 0 saturated carbocycles. The van der Waals surface area contributed by atoms with Crippen LogP contribution >= 0.6 is 11.6 Å². The van der Waals surface area contributed by atoms with Crippen molar-refractivity contribution in [3.05, 3.63) is 88.2 Å². The predicted octanol–water partition coefficient (Wildman–Crippen LogP) is 5.00. The van der Waals surface area contributed by atoms with Gasteiger partial charge in [-0.25, -0.2) is 4.39 Å². The summed E-state index contributed by atoms with van der Waals surface area (Å²) in [6.07, 6.45) is 0. The molecule has 0 aromatic heterocycles. The van der Waals surface area contributed by atoms with Crippen LogP contribution in [0.15, 0.2) is 60.7 Å². The number of anilines is 2. The van der Waals surface area contributed by atoms with Gasteiger partial charge < -0.3 is 15.7 Å². The molecule has 2 amide bonds. The largest absolute Gasteiger partial charge is 0.506 e. The van der Waals surface area contributed by atoms with Gasteiger partial charge >= 0.3 is 0 Å². The average Bonchev–Trinajstić information content (AvgIpc) is 2.66. The van der Waals surface area contributed by atoms with Crippen LogP contribution in [-0.2, 0) is 0 Å². The van der Waals surface area contributed by atoms with E-state index in [1.54, 1.807) is 24.3 Å². The molecule has 3 aromatic rings. The predicted molar refractivity (Wildman–Crippen MR) is 107 cm³/mol. The number of aryl methyl sites for hydroxylation is 1. The topological polar surface area (TPSA) is 78.4 Å². The van der Waals surface area contributed by atoms with E-state index in [-0.39, 0.29) is 27.7 Å². The van der Waals surface area contributed by atoms with Crippen molar-refractivity contribution in [3.63, 3.8) is 0 Å². The molecule has 7 heteroatoms. The standard InChI is InChI=1S/C21H16ClFN2O3/c1-12-6-8-13(9-7-12)20(27)25-18-10-15(22)17(11-19(18)26)24-21(28)14-4-2-3-5-16(14)23/h2-11,26H,1H3,(H,24,28)(H,25,27). The van der Waals surface area contributed by atoms with E-state index in [0.717, 1.165) is 11.6 Å². The van der Waals surface area contributed by atoms with Crippen LogP contribution < -0.4 is 10.6 Å². The summed E-state index contributed by atoms with van der Waals surface area (Å²) in [6.45, 7) is 1.90. The van der Waals surface area contributed by atoms with Gasteiger partial charge in [0.15, 0.2) is 0 Å². The first-order chi connectivity index (χ1) is 13.3. The Morgan fingerprint density at radius 1 is 0.929 bits per heavy atom. The van der Waals surface area contributed by atoms with Crippen molar-refractivity contribution < 1.29 is 19.1 Å². The van der Waals surface area contributed by atoms with E-state index in [0.29, 0.717) is 5.56 Å². The van der Waals surface area contributed by atoms with Crippen molar-refractivity contribution in [1.82, 2.24) is 0 Å². The zero-order valence-electron chi connectivity index (χ0n) is 14.8. The van der Waals surface area contributed by atoms with Gasteiger partial charge in [-0.3, -0.25) is 9.59 Å². The molecule has 0 aliphatic carbocycles. The van der Waals surface area contributed by atoms with E-state index < -0.39 is 17.6 Å². The second-order valence-electron chi connectivity index (χ2n) is 6.10. The normalized spacial score (nSPS) is 10.4. The number of hydrogen-bond donors (Lipinski definition) is 3. The fourth-order valence-electron chi connectivity index (χ4n) is 2.49. The van der Waals surface area contributed by atoms with Gasteiger partial charge in [-0.05, 0) is 37.3 Å². The Morgan fingerprint density at radius 3 is 2.25 bits per heavy atom. The zero-order valence-corrected chi connectivity index (χ0v) is 15.5. The van der Waals surface area contributed by atoms with E-state index in [2.05, 4.69) is 10.6 Å². The minimum Gasteiger partial charge on any atom is -0.506 e. The highest BCUT2D eigenvalue weighted by molar-refractivity contribution is 6.34. The number of hydrogen-bond acceptors (Lipinski definition) is 3. The smallest absolute Gasteiger partial charge is 0.258 e. The summed E-state index contributed by atoms with van der Waals surface area (Å²) in [5, 5.41) is 15.3. The van der Waals surface area contributed by atoms with Gasteiger partial charge in [0.25, 0.3) is 11.8 Å². The third kappa shape index (κ3) is 4.29. The van der Waals surface area contributed by atoms with Gasteiger partial charge in [0.1, 0.15) is 11.6 Å². The molecule has 0 aliphatic rings. The van der Waals surface area contributed by atoms with Crippen molar-refractivity contribution in [3.8, 4) is 5.75 Å². The molecule has 0 spiro atoms. The molecule has 5 nitrogen and oxygen atoms in total. The van der Waals surface area contributed by atoms with Crippen LogP contribution in [0.3, 0.4) is 0 Å². The summed E-state index contributed by atoms with van der Waals surface area (Å²) >= 11 is 6.15. The Balaban J connectivity index is 1.79. The monoisotopic (exact) mass is 398 g/mol. The molecule has 0 fully saturated rings. The number of amides is 2. The number of aromatic hydroxyl groups is 1. The summed E-state index contributed by atoms with van der Waals surface area (Å²) in [4.78, 5) is 24.5. The first kappa shape index (κ1) is 19.4. The molecule has 0 unspecified atom stereocenters. The van der Waals surface area contributed by atoms with Gasteiger partial charge in [-0.1, -0.05) is 41.4 Å². The average molecular weight is 399 g/mol. The second kappa shape index (κ2) is 8.10. The van der Waals surface area contributed by atoms with Crippen LogP contribution in [0.25, 0.3) is 0 Å². The van der Waals surface area contributed by atoms with Crippen LogP contribution in [0.5, 0.6) is 5.75 Å². The minimum absolute atomic E-state index is 0.0710. The summed E-state index contributed by atoms with van der Waals surface area (Å²) in [7, 11) is 0. The molecule has 0 radical (unpaired) electrons. The van der Waals surface area contributed by atoms with Crippen LogP contribution in [-0.4, -0.2) is 16.9 Å². The summed E-state index contributed by atoms with van der Waals surface area (Å²) in [5.41, 5.74) is 1.44. The van der Waals surface area contributed by atoms with Gasteiger partial charge in [0, 0.05) is 11.6 Å². The molecular formula is C21H16ClFN2O3. The highest BCUT2D eigenvalue weighted by Gasteiger charge is 2.16. The Kier molecular flexibility index (Phi) is 5.61. The van der Waals surface area contributed by atoms with Crippen LogP contribution in [0.1, 0.15) is 26.3 Å². The van der Waals surface area contributed by atoms with Gasteiger partial charge in [-0.15, -0.1) is 0 Å². The Bertz CT molecular complexity index is 1050. The van der Waals surface area contributed by atoms with Crippen molar-refractivity contribution in [2.75, 3.05) is 10.6 Å². The molecule has 0 atom stereocenters. The number of phenols is 1. The maximum absolute atomic E-state index is 13.7. The molecular weight excluding hydrogens is 383 g/mol. The maximum atomic E-state index is 13.7. The van der Waals surface area contributed by atoms with Gasteiger partial charge in [0.2, 0.25) is 0 Å². The third-order valence-corrected chi connectivity index (χ3v) is 4.33. The van der Waals surface area contributed by atoms with Crippen LogP contribution in [0.4, 0.5) is 15.8 Å². The first-order valence-corrected chi connectivity index (χ1v) is 8.69. The van der Waals surface area contributed by atoms with E-state index >= 15 is 0 Å². The zero-order chi connectivity index (χ0) is 20.3. The first-order valence-electron chi connectivity index (χ1n) is 8.31. The fourth-order valence-corrected chi connectivity index (χ4v) is 2.70. The van der Waals surface area contributed by atoms with Crippen molar-refractivity contribution >= 4 is 34.8 Å². The number of carbonyl (C=O) groups excluding carboxylic acids is 2. The molecule has 3 rings (SSSR count). The van der Waals surface area contributed by atoms with Crippen molar-refractivity contribution in [1.29, 1.82) is 0 Å². The SMILES string of the molecule is Cc1ccc(C(=O)Nc2cc(Cl)c(NC(=O)c3ccccc3F)cc2O)cc1.